The van der Waals surface area contributed by atoms with Crippen LogP contribution in [0.2, 0.25) is 0 Å². The quantitative estimate of drug-likeness (QED) is 0.889. The van der Waals surface area contributed by atoms with Crippen molar-refractivity contribution in [1.82, 2.24) is 0 Å². The number of benzene rings is 2. The van der Waals surface area contributed by atoms with Crippen LogP contribution in [0.15, 0.2) is 42.5 Å². The summed E-state index contributed by atoms with van der Waals surface area (Å²) in [6.45, 7) is 2.60. The largest absolute Gasteiger partial charge is 0.380 e. The standard InChI is InChI=1S/C15H13FN2/c1-11-5-2-3-6-12(11)10-18-15-8-4-7-14(16)13(15)9-17/h2-8,18H,10H2,1H3. The molecule has 0 unspecified atom stereocenters. The van der Waals surface area contributed by atoms with E-state index in [1.165, 1.54) is 11.6 Å². The molecular formula is C15H13FN2. The van der Waals surface area contributed by atoms with Gasteiger partial charge in [0.25, 0.3) is 0 Å². The second kappa shape index (κ2) is 5.33. The molecule has 0 amide bonds. The van der Waals surface area contributed by atoms with Crippen LogP contribution in [0, 0.1) is 24.1 Å². The fraction of sp³-hybridized carbons (Fsp3) is 0.133. The first-order valence-electron chi connectivity index (χ1n) is 5.69. The lowest BCUT2D eigenvalue weighted by molar-refractivity contribution is 0.624. The van der Waals surface area contributed by atoms with Gasteiger partial charge in [0.2, 0.25) is 0 Å². The Morgan fingerprint density at radius 3 is 2.67 bits per heavy atom. The maximum atomic E-state index is 13.4. The number of nitrogens with one attached hydrogen (secondary N) is 1. The zero-order valence-corrected chi connectivity index (χ0v) is 10.1. The molecule has 1 N–H and O–H groups in total. The van der Waals surface area contributed by atoms with E-state index < -0.39 is 5.82 Å². The Balaban J connectivity index is 2.19. The van der Waals surface area contributed by atoms with E-state index in [0.717, 1.165) is 5.56 Å². The van der Waals surface area contributed by atoms with E-state index in [4.69, 9.17) is 5.26 Å². The first kappa shape index (κ1) is 12.1. The molecule has 2 rings (SSSR count). The number of halogens is 1. The fourth-order valence-electron chi connectivity index (χ4n) is 1.78. The summed E-state index contributed by atoms with van der Waals surface area (Å²) in [6, 6.07) is 14.4. The summed E-state index contributed by atoms with van der Waals surface area (Å²) in [6.07, 6.45) is 0. The highest BCUT2D eigenvalue weighted by Crippen LogP contribution is 2.19. The number of anilines is 1. The predicted octanol–water partition coefficient (Wildman–Crippen LogP) is 3.62. The van der Waals surface area contributed by atoms with Gasteiger partial charge in [-0.2, -0.15) is 5.26 Å². The van der Waals surface area contributed by atoms with E-state index in [9.17, 15) is 4.39 Å². The van der Waals surface area contributed by atoms with Gasteiger partial charge in [-0.15, -0.1) is 0 Å². The summed E-state index contributed by atoms with van der Waals surface area (Å²) in [5, 5.41) is 12.0. The Kier molecular flexibility index (Phi) is 3.59. The first-order valence-corrected chi connectivity index (χ1v) is 5.69. The molecule has 0 aliphatic heterocycles. The smallest absolute Gasteiger partial charge is 0.143 e. The number of hydrogen-bond donors (Lipinski definition) is 1. The van der Waals surface area contributed by atoms with Crippen LogP contribution in [0.4, 0.5) is 10.1 Å². The summed E-state index contributed by atoms with van der Waals surface area (Å²) >= 11 is 0. The molecular weight excluding hydrogens is 227 g/mol. The third-order valence-corrected chi connectivity index (χ3v) is 2.86. The predicted molar refractivity (Wildman–Crippen MR) is 69.6 cm³/mol. The molecule has 2 aromatic rings. The zero-order valence-electron chi connectivity index (χ0n) is 10.1. The molecule has 3 heteroatoms. The van der Waals surface area contributed by atoms with E-state index in [0.29, 0.717) is 12.2 Å². The van der Waals surface area contributed by atoms with Crippen molar-refractivity contribution in [3.63, 3.8) is 0 Å². The summed E-state index contributed by atoms with van der Waals surface area (Å²) in [5.41, 5.74) is 2.89. The average molecular weight is 240 g/mol. The Labute approximate surface area is 106 Å². The van der Waals surface area contributed by atoms with Crippen LogP contribution < -0.4 is 5.32 Å². The molecule has 0 spiro atoms. The van der Waals surface area contributed by atoms with E-state index in [1.807, 2.05) is 37.3 Å². The van der Waals surface area contributed by atoms with E-state index >= 15 is 0 Å². The van der Waals surface area contributed by atoms with Crippen molar-refractivity contribution < 1.29 is 4.39 Å². The lowest BCUT2D eigenvalue weighted by Crippen LogP contribution is -2.03. The number of hydrogen-bond acceptors (Lipinski definition) is 2. The number of nitrogens with zero attached hydrogens (tertiary/aromatic N) is 1. The van der Waals surface area contributed by atoms with Gasteiger partial charge in [-0.05, 0) is 30.2 Å². The van der Waals surface area contributed by atoms with Gasteiger partial charge in [0.1, 0.15) is 17.4 Å². The Bertz CT molecular complexity index is 600. The van der Waals surface area contributed by atoms with Gasteiger partial charge in [0, 0.05) is 6.54 Å². The second-order valence-electron chi connectivity index (χ2n) is 4.05. The van der Waals surface area contributed by atoms with Crippen LogP contribution in [-0.2, 0) is 6.54 Å². The van der Waals surface area contributed by atoms with Gasteiger partial charge < -0.3 is 5.32 Å². The third-order valence-electron chi connectivity index (χ3n) is 2.86. The molecule has 0 saturated carbocycles. The highest BCUT2D eigenvalue weighted by Gasteiger charge is 2.07. The van der Waals surface area contributed by atoms with Crippen LogP contribution in [0.1, 0.15) is 16.7 Å². The molecule has 0 radical (unpaired) electrons. The minimum Gasteiger partial charge on any atom is -0.380 e. The van der Waals surface area contributed by atoms with Gasteiger partial charge in [-0.3, -0.25) is 0 Å². The minimum absolute atomic E-state index is 0.0612. The molecule has 0 aliphatic carbocycles. The Morgan fingerprint density at radius 2 is 1.94 bits per heavy atom. The van der Waals surface area contributed by atoms with Crippen molar-refractivity contribution in [2.24, 2.45) is 0 Å². The van der Waals surface area contributed by atoms with Crippen molar-refractivity contribution in [3.05, 3.63) is 65.0 Å². The normalized spacial score (nSPS) is 9.83. The maximum absolute atomic E-state index is 13.4. The van der Waals surface area contributed by atoms with Crippen molar-refractivity contribution in [3.8, 4) is 6.07 Å². The van der Waals surface area contributed by atoms with Crippen molar-refractivity contribution in [1.29, 1.82) is 5.26 Å². The van der Waals surface area contributed by atoms with Crippen LogP contribution in [-0.4, -0.2) is 0 Å². The molecule has 90 valence electrons. The fourth-order valence-corrected chi connectivity index (χ4v) is 1.78. The SMILES string of the molecule is Cc1ccccc1CNc1cccc(F)c1C#N. The molecule has 2 aromatic carbocycles. The van der Waals surface area contributed by atoms with Crippen molar-refractivity contribution in [2.45, 2.75) is 13.5 Å². The molecule has 0 heterocycles. The van der Waals surface area contributed by atoms with Crippen molar-refractivity contribution >= 4 is 5.69 Å². The Morgan fingerprint density at radius 1 is 1.17 bits per heavy atom. The average Bonchev–Trinajstić information content (AvgIpc) is 2.38. The molecule has 0 atom stereocenters. The summed E-state index contributed by atoms with van der Waals surface area (Å²) < 4.78 is 13.4. The van der Waals surface area contributed by atoms with Crippen LogP contribution in [0.3, 0.4) is 0 Å². The van der Waals surface area contributed by atoms with Gasteiger partial charge >= 0.3 is 0 Å². The van der Waals surface area contributed by atoms with Crippen LogP contribution in [0.25, 0.3) is 0 Å². The number of aryl methyl sites for hydroxylation is 1. The molecule has 18 heavy (non-hydrogen) atoms. The van der Waals surface area contributed by atoms with Gasteiger partial charge in [-0.25, -0.2) is 4.39 Å². The monoisotopic (exact) mass is 240 g/mol. The topological polar surface area (TPSA) is 35.8 Å². The zero-order chi connectivity index (χ0) is 13.0. The Hall–Kier alpha value is -2.34. The molecule has 0 aromatic heterocycles. The summed E-state index contributed by atoms with van der Waals surface area (Å²) in [5.74, 6) is -0.493. The summed E-state index contributed by atoms with van der Waals surface area (Å²) in [7, 11) is 0. The number of nitriles is 1. The lowest BCUT2D eigenvalue weighted by atomic mass is 10.1. The molecule has 0 bridgehead atoms. The van der Waals surface area contributed by atoms with Crippen LogP contribution >= 0.6 is 0 Å². The van der Waals surface area contributed by atoms with Gasteiger partial charge in [-0.1, -0.05) is 30.3 Å². The molecule has 2 nitrogen and oxygen atoms in total. The molecule has 0 saturated heterocycles. The highest BCUT2D eigenvalue weighted by atomic mass is 19.1. The first-order chi connectivity index (χ1) is 8.72. The molecule has 0 aliphatic rings. The van der Waals surface area contributed by atoms with E-state index in [1.54, 1.807) is 12.1 Å². The maximum Gasteiger partial charge on any atom is 0.143 e. The number of rotatable bonds is 3. The second-order valence-corrected chi connectivity index (χ2v) is 4.05. The van der Waals surface area contributed by atoms with E-state index in [2.05, 4.69) is 5.32 Å². The van der Waals surface area contributed by atoms with Crippen molar-refractivity contribution in [2.75, 3.05) is 5.32 Å². The highest BCUT2D eigenvalue weighted by molar-refractivity contribution is 5.58. The lowest BCUT2D eigenvalue weighted by Gasteiger charge is -2.10. The van der Waals surface area contributed by atoms with Gasteiger partial charge in [0.15, 0.2) is 0 Å². The third kappa shape index (κ3) is 2.49. The van der Waals surface area contributed by atoms with Crippen LogP contribution in [0.5, 0.6) is 0 Å². The molecule has 0 fully saturated rings. The van der Waals surface area contributed by atoms with E-state index in [-0.39, 0.29) is 5.56 Å². The minimum atomic E-state index is -0.493. The van der Waals surface area contributed by atoms with Gasteiger partial charge in [0.05, 0.1) is 5.69 Å². The summed E-state index contributed by atoms with van der Waals surface area (Å²) in [4.78, 5) is 0.